The third-order valence-corrected chi connectivity index (χ3v) is 5.45. The molecule has 1 aliphatic heterocycles. The van der Waals surface area contributed by atoms with E-state index in [0.29, 0.717) is 28.7 Å². The molecule has 1 saturated heterocycles. The van der Waals surface area contributed by atoms with Gasteiger partial charge in [0.1, 0.15) is 11.5 Å². The van der Waals surface area contributed by atoms with Gasteiger partial charge in [0.2, 0.25) is 0 Å². The van der Waals surface area contributed by atoms with Gasteiger partial charge in [-0.25, -0.2) is 4.39 Å². The molecule has 1 fully saturated rings. The smallest absolute Gasteiger partial charge is 0.270 e. The van der Waals surface area contributed by atoms with E-state index in [0.717, 1.165) is 19.5 Å². The first kappa shape index (κ1) is 21.2. The van der Waals surface area contributed by atoms with Crippen molar-refractivity contribution in [2.24, 2.45) is 0 Å². The SMILES string of the molecule is CN1CCCN(C(=O)C(=Cc2cccc(F)c2)NC(=O)c2ccccc2Br)CC1. The Morgan fingerprint density at radius 1 is 1.07 bits per heavy atom. The van der Waals surface area contributed by atoms with Crippen LogP contribution in [0.25, 0.3) is 6.08 Å². The van der Waals surface area contributed by atoms with Gasteiger partial charge in [-0.15, -0.1) is 0 Å². The van der Waals surface area contributed by atoms with Crippen LogP contribution in [-0.4, -0.2) is 54.8 Å². The molecule has 0 radical (unpaired) electrons. The van der Waals surface area contributed by atoms with Gasteiger partial charge in [-0.1, -0.05) is 24.3 Å². The second-order valence-electron chi connectivity index (χ2n) is 7.00. The van der Waals surface area contributed by atoms with E-state index >= 15 is 0 Å². The van der Waals surface area contributed by atoms with Gasteiger partial charge in [0.15, 0.2) is 0 Å². The van der Waals surface area contributed by atoms with Crippen molar-refractivity contribution in [1.29, 1.82) is 0 Å². The van der Waals surface area contributed by atoms with Gasteiger partial charge in [0.05, 0.1) is 5.56 Å². The molecule has 0 saturated carbocycles. The number of amides is 2. The van der Waals surface area contributed by atoms with Crippen LogP contribution in [0.3, 0.4) is 0 Å². The highest BCUT2D eigenvalue weighted by Gasteiger charge is 2.23. The highest BCUT2D eigenvalue weighted by atomic mass is 79.9. The molecule has 2 aromatic carbocycles. The molecule has 3 rings (SSSR count). The Kier molecular flexibility index (Phi) is 7.17. The quantitative estimate of drug-likeness (QED) is 0.711. The molecule has 29 heavy (non-hydrogen) atoms. The topological polar surface area (TPSA) is 52.6 Å². The number of likely N-dealkylation sites (N-methyl/N-ethyl adjacent to an activating group) is 1. The fourth-order valence-electron chi connectivity index (χ4n) is 3.17. The number of nitrogens with zero attached hydrogens (tertiary/aromatic N) is 2. The maximum absolute atomic E-state index is 13.6. The summed E-state index contributed by atoms with van der Waals surface area (Å²) < 4.78 is 14.3. The average molecular weight is 460 g/mol. The third-order valence-electron chi connectivity index (χ3n) is 4.76. The van der Waals surface area contributed by atoms with Crippen LogP contribution in [0.4, 0.5) is 4.39 Å². The Balaban J connectivity index is 1.90. The van der Waals surface area contributed by atoms with Crippen LogP contribution in [0, 0.1) is 5.82 Å². The van der Waals surface area contributed by atoms with Crippen molar-refractivity contribution in [1.82, 2.24) is 15.1 Å². The third kappa shape index (κ3) is 5.74. The Bertz CT molecular complexity index is 932. The number of benzene rings is 2. The summed E-state index contributed by atoms with van der Waals surface area (Å²) in [4.78, 5) is 29.9. The predicted molar refractivity (Wildman–Crippen MR) is 115 cm³/mol. The first-order valence-corrected chi connectivity index (χ1v) is 10.2. The van der Waals surface area contributed by atoms with Gasteiger partial charge in [0, 0.05) is 24.1 Å². The van der Waals surface area contributed by atoms with E-state index < -0.39 is 11.7 Å². The van der Waals surface area contributed by atoms with Crippen LogP contribution in [0.5, 0.6) is 0 Å². The van der Waals surface area contributed by atoms with Gasteiger partial charge in [0.25, 0.3) is 11.8 Å². The molecule has 0 bridgehead atoms. The molecule has 0 aromatic heterocycles. The Hall–Kier alpha value is -2.51. The molecule has 1 aliphatic rings. The van der Waals surface area contributed by atoms with E-state index in [4.69, 9.17) is 0 Å². The zero-order chi connectivity index (χ0) is 20.8. The van der Waals surface area contributed by atoms with E-state index in [1.807, 2.05) is 13.1 Å². The van der Waals surface area contributed by atoms with Crippen molar-refractivity contribution < 1.29 is 14.0 Å². The summed E-state index contributed by atoms with van der Waals surface area (Å²) >= 11 is 3.36. The lowest BCUT2D eigenvalue weighted by atomic mass is 10.1. The van der Waals surface area contributed by atoms with E-state index in [1.54, 1.807) is 35.2 Å². The molecule has 2 amide bonds. The number of rotatable bonds is 4. The minimum Gasteiger partial charge on any atom is -0.336 e. The van der Waals surface area contributed by atoms with Crippen molar-refractivity contribution in [3.63, 3.8) is 0 Å². The molecule has 152 valence electrons. The van der Waals surface area contributed by atoms with Crippen molar-refractivity contribution >= 4 is 33.8 Å². The first-order valence-electron chi connectivity index (χ1n) is 9.45. The second kappa shape index (κ2) is 9.80. The summed E-state index contributed by atoms with van der Waals surface area (Å²) in [7, 11) is 2.02. The monoisotopic (exact) mass is 459 g/mol. The maximum Gasteiger partial charge on any atom is 0.270 e. The fraction of sp³-hybridized carbons (Fsp3) is 0.273. The molecule has 0 atom stereocenters. The summed E-state index contributed by atoms with van der Waals surface area (Å²) in [6, 6.07) is 12.9. The Morgan fingerprint density at radius 2 is 1.86 bits per heavy atom. The fourth-order valence-corrected chi connectivity index (χ4v) is 3.63. The standard InChI is InChI=1S/C22H23BrFN3O2/c1-26-10-5-11-27(13-12-26)22(29)20(15-16-6-4-7-17(24)14-16)25-21(28)18-8-2-3-9-19(18)23/h2-4,6-9,14-15H,5,10-13H2,1H3,(H,25,28). The molecule has 1 heterocycles. The van der Waals surface area contributed by atoms with E-state index in [1.165, 1.54) is 18.2 Å². The maximum atomic E-state index is 13.6. The van der Waals surface area contributed by atoms with Crippen LogP contribution in [-0.2, 0) is 4.79 Å². The summed E-state index contributed by atoms with van der Waals surface area (Å²) in [5.41, 5.74) is 1.05. The normalized spacial score (nSPS) is 15.7. The Morgan fingerprint density at radius 3 is 2.62 bits per heavy atom. The number of halogens is 2. The van der Waals surface area contributed by atoms with Gasteiger partial charge in [-0.2, -0.15) is 0 Å². The minimum atomic E-state index is -0.404. The van der Waals surface area contributed by atoms with Crippen molar-refractivity contribution in [3.8, 4) is 0 Å². The van der Waals surface area contributed by atoms with Gasteiger partial charge < -0.3 is 15.1 Å². The summed E-state index contributed by atoms with van der Waals surface area (Å²) in [5, 5.41) is 2.74. The van der Waals surface area contributed by atoms with Crippen LogP contribution < -0.4 is 5.32 Å². The van der Waals surface area contributed by atoms with Crippen LogP contribution in [0.2, 0.25) is 0 Å². The summed E-state index contributed by atoms with van der Waals surface area (Å²) in [5.74, 6) is -1.08. The lowest BCUT2D eigenvalue weighted by Crippen LogP contribution is -2.40. The molecule has 0 unspecified atom stereocenters. The Labute approximate surface area is 178 Å². The van der Waals surface area contributed by atoms with Crippen LogP contribution in [0.15, 0.2) is 58.7 Å². The van der Waals surface area contributed by atoms with Crippen molar-refractivity contribution in [2.75, 3.05) is 33.2 Å². The number of nitrogens with one attached hydrogen (secondary N) is 1. The van der Waals surface area contributed by atoms with Gasteiger partial charge in [-0.05, 0) is 71.8 Å². The van der Waals surface area contributed by atoms with Crippen LogP contribution >= 0.6 is 15.9 Å². The summed E-state index contributed by atoms with van der Waals surface area (Å²) in [6.07, 6.45) is 2.38. The predicted octanol–water partition coefficient (Wildman–Crippen LogP) is 3.52. The van der Waals surface area contributed by atoms with Crippen molar-refractivity contribution in [3.05, 3.63) is 75.6 Å². The number of hydrogen-bond donors (Lipinski definition) is 1. The van der Waals surface area contributed by atoms with Crippen molar-refractivity contribution in [2.45, 2.75) is 6.42 Å². The largest absolute Gasteiger partial charge is 0.336 e. The van der Waals surface area contributed by atoms with Crippen LogP contribution in [0.1, 0.15) is 22.3 Å². The van der Waals surface area contributed by atoms with E-state index in [9.17, 15) is 14.0 Å². The zero-order valence-corrected chi connectivity index (χ0v) is 17.8. The highest BCUT2D eigenvalue weighted by Crippen LogP contribution is 2.17. The molecule has 2 aromatic rings. The van der Waals surface area contributed by atoms with Gasteiger partial charge >= 0.3 is 0 Å². The molecule has 0 aliphatic carbocycles. The highest BCUT2D eigenvalue weighted by molar-refractivity contribution is 9.10. The molecular formula is C22H23BrFN3O2. The number of carbonyl (C=O) groups excluding carboxylic acids is 2. The molecule has 0 spiro atoms. The zero-order valence-electron chi connectivity index (χ0n) is 16.2. The van der Waals surface area contributed by atoms with E-state index in [2.05, 4.69) is 26.1 Å². The molecule has 5 nitrogen and oxygen atoms in total. The van der Waals surface area contributed by atoms with Gasteiger partial charge in [-0.3, -0.25) is 9.59 Å². The number of hydrogen-bond acceptors (Lipinski definition) is 3. The lowest BCUT2D eigenvalue weighted by Gasteiger charge is -2.22. The minimum absolute atomic E-state index is 0.126. The molecule has 7 heteroatoms. The number of carbonyl (C=O) groups is 2. The van der Waals surface area contributed by atoms with E-state index in [-0.39, 0.29) is 11.6 Å². The first-order chi connectivity index (χ1) is 13.9. The lowest BCUT2D eigenvalue weighted by molar-refractivity contribution is -0.127. The summed E-state index contributed by atoms with van der Waals surface area (Å²) in [6.45, 7) is 2.85. The second-order valence-corrected chi connectivity index (χ2v) is 7.85. The molecule has 1 N–H and O–H groups in total. The molecular weight excluding hydrogens is 437 g/mol. The average Bonchev–Trinajstić information content (AvgIpc) is 2.91.